The van der Waals surface area contributed by atoms with E-state index in [0.717, 1.165) is 11.5 Å². The van der Waals surface area contributed by atoms with Crippen molar-refractivity contribution < 1.29 is 4.42 Å². The molecule has 1 saturated carbocycles. The van der Waals surface area contributed by atoms with Crippen LogP contribution in [-0.2, 0) is 0 Å². The van der Waals surface area contributed by atoms with Gasteiger partial charge in [-0.1, -0.05) is 26.7 Å². The molecule has 2 nitrogen and oxygen atoms in total. The Labute approximate surface area is 105 Å². The standard InChI is InChI=1S/C15H25NO/c1-11(2)10-15(8-4-5-9-15)14(16)13-7-6-12(3)17-13/h6-7,11,14H,4-5,8-10,16H2,1-3H3. The summed E-state index contributed by atoms with van der Waals surface area (Å²) in [6.07, 6.45) is 6.37. The van der Waals surface area contributed by atoms with E-state index in [-0.39, 0.29) is 11.5 Å². The summed E-state index contributed by atoms with van der Waals surface area (Å²) in [5.74, 6) is 2.65. The van der Waals surface area contributed by atoms with Gasteiger partial charge in [0.15, 0.2) is 0 Å². The van der Waals surface area contributed by atoms with E-state index in [0.29, 0.717) is 5.92 Å². The Morgan fingerprint density at radius 2 is 1.94 bits per heavy atom. The summed E-state index contributed by atoms with van der Waals surface area (Å²) in [5, 5.41) is 0. The first kappa shape index (κ1) is 12.7. The molecule has 17 heavy (non-hydrogen) atoms. The van der Waals surface area contributed by atoms with Crippen LogP contribution in [0.2, 0.25) is 0 Å². The summed E-state index contributed by atoms with van der Waals surface area (Å²) in [7, 11) is 0. The minimum absolute atomic E-state index is 0.0705. The van der Waals surface area contributed by atoms with Crippen molar-refractivity contribution >= 4 is 0 Å². The van der Waals surface area contributed by atoms with Crippen LogP contribution in [0.25, 0.3) is 0 Å². The molecule has 1 unspecified atom stereocenters. The smallest absolute Gasteiger partial charge is 0.121 e. The largest absolute Gasteiger partial charge is 0.465 e. The highest BCUT2D eigenvalue weighted by Gasteiger charge is 2.41. The third-order valence-corrected chi connectivity index (χ3v) is 4.14. The number of hydrogen-bond donors (Lipinski definition) is 1. The SMILES string of the molecule is Cc1ccc(C(N)C2(CC(C)C)CCCC2)o1. The van der Waals surface area contributed by atoms with E-state index in [1.165, 1.54) is 32.1 Å². The van der Waals surface area contributed by atoms with Gasteiger partial charge in [0.05, 0.1) is 6.04 Å². The van der Waals surface area contributed by atoms with Crippen molar-refractivity contribution in [1.82, 2.24) is 0 Å². The van der Waals surface area contributed by atoms with Crippen LogP contribution < -0.4 is 5.73 Å². The number of hydrogen-bond acceptors (Lipinski definition) is 2. The number of aryl methyl sites for hydroxylation is 1. The van der Waals surface area contributed by atoms with E-state index >= 15 is 0 Å². The molecule has 0 bridgehead atoms. The van der Waals surface area contributed by atoms with Gasteiger partial charge in [0.1, 0.15) is 11.5 Å². The van der Waals surface area contributed by atoms with Gasteiger partial charge in [-0.05, 0) is 49.7 Å². The molecule has 96 valence electrons. The molecule has 0 radical (unpaired) electrons. The number of rotatable bonds is 4. The summed E-state index contributed by atoms with van der Waals surface area (Å²) in [6.45, 7) is 6.57. The maximum atomic E-state index is 6.50. The van der Waals surface area contributed by atoms with Gasteiger partial charge in [0.2, 0.25) is 0 Å². The van der Waals surface area contributed by atoms with Crippen LogP contribution in [-0.4, -0.2) is 0 Å². The quantitative estimate of drug-likeness (QED) is 0.849. The number of furan rings is 1. The molecule has 0 aromatic carbocycles. The van der Waals surface area contributed by atoms with Crippen molar-refractivity contribution in [2.24, 2.45) is 17.1 Å². The van der Waals surface area contributed by atoms with Crippen LogP contribution in [0.5, 0.6) is 0 Å². The molecule has 1 fully saturated rings. The van der Waals surface area contributed by atoms with E-state index < -0.39 is 0 Å². The van der Waals surface area contributed by atoms with Gasteiger partial charge in [-0.25, -0.2) is 0 Å². The van der Waals surface area contributed by atoms with Crippen LogP contribution in [0.1, 0.15) is 63.5 Å². The fraction of sp³-hybridized carbons (Fsp3) is 0.733. The second kappa shape index (κ2) is 4.85. The Bertz CT molecular complexity index is 361. The van der Waals surface area contributed by atoms with Crippen molar-refractivity contribution in [1.29, 1.82) is 0 Å². The van der Waals surface area contributed by atoms with Crippen molar-refractivity contribution in [3.8, 4) is 0 Å². The Kier molecular flexibility index (Phi) is 3.62. The summed E-state index contributed by atoms with van der Waals surface area (Å²) in [4.78, 5) is 0. The van der Waals surface area contributed by atoms with Gasteiger partial charge in [-0.15, -0.1) is 0 Å². The van der Waals surface area contributed by atoms with E-state index in [2.05, 4.69) is 19.9 Å². The molecule has 2 heteroatoms. The highest BCUT2D eigenvalue weighted by molar-refractivity contribution is 5.13. The zero-order valence-corrected chi connectivity index (χ0v) is 11.3. The summed E-state index contributed by atoms with van der Waals surface area (Å²) >= 11 is 0. The molecular formula is C15H25NO. The molecule has 1 aromatic rings. The first-order valence-corrected chi connectivity index (χ1v) is 6.85. The lowest BCUT2D eigenvalue weighted by Crippen LogP contribution is -2.33. The molecule has 1 aliphatic carbocycles. The maximum absolute atomic E-state index is 6.50. The molecule has 2 rings (SSSR count). The van der Waals surface area contributed by atoms with Gasteiger partial charge < -0.3 is 10.2 Å². The Morgan fingerprint density at radius 1 is 1.29 bits per heavy atom. The maximum Gasteiger partial charge on any atom is 0.121 e. The van der Waals surface area contributed by atoms with Gasteiger partial charge in [-0.3, -0.25) is 0 Å². The fourth-order valence-electron chi connectivity index (χ4n) is 3.46. The molecular weight excluding hydrogens is 210 g/mol. The molecule has 0 aliphatic heterocycles. The molecule has 1 atom stereocenters. The zero-order valence-electron chi connectivity index (χ0n) is 11.3. The van der Waals surface area contributed by atoms with Crippen LogP contribution in [0.15, 0.2) is 16.5 Å². The third-order valence-electron chi connectivity index (χ3n) is 4.14. The van der Waals surface area contributed by atoms with E-state index in [1.54, 1.807) is 0 Å². The summed E-state index contributed by atoms with van der Waals surface area (Å²) < 4.78 is 5.74. The van der Waals surface area contributed by atoms with Crippen LogP contribution in [0.3, 0.4) is 0 Å². The van der Waals surface area contributed by atoms with E-state index in [4.69, 9.17) is 10.2 Å². The van der Waals surface area contributed by atoms with Crippen molar-refractivity contribution in [3.63, 3.8) is 0 Å². The first-order valence-electron chi connectivity index (χ1n) is 6.85. The predicted octanol–water partition coefficient (Wildman–Crippen LogP) is 4.19. The van der Waals surface area contributed by atoms with Crippen molar-refractivity contribution in [2.45, 2.75) is 58.9 Å². The highest BCUT2D eigenvalue weighted by atomic mass is 16.3. The highest BCUT2D eigenvalue weighted by Crippen LogP contribution is 2.50. The lowest BCUT2D eigenvalue weighted by molar-refractivity contribution is 0.165. The van der Waals surface area contributed by atoms with Crippen LogP contribution >= 0.6 is 0 Å². The minimum atomic E-state index is 0.0705. The predicted molar refractivity (Wildman–Crippen MR) is 70.7 cm³/mol. The molecule has 1 heterocycles. The summed E-state index contributed by atoms with van der Waals surface area (Å²) in [6, 6.07) is 4.15. The molecule has 1 aliphatic rings. The first-order chi connectivity index (χ1) is 8.03. The molecule has 0 saturated heterocycles. The normalized spacial score (nSPS) is 21.0. The molecule has 0 spiro atoms. The molecule has 0 amide bonds. The van der Waals surface area contributed by atoms with Crippen molar-refractivity contribution in [3.05, 3.63) is 23.7 Å². The van der Waals surface area contributed by atoms with Crippen molar-refractivity contribution in [2.75, 3.05) is 0 Å². The topological polar surface area (TPSA) is 39.2 Å². The second-order valence-corrected chi connectivity index (χ2v) is 6.09. The summed E-state index contributed by atoms with van der Waals surface area (Å²) in [5.41, 5.74) is 6.78. The Morgan fingerprint density at radius 3 is 2.41 bits per heavy atom. The average molecular weight is 235 g/mol. The van der Waals surface area contributed by atoms with Gasteiger partial charge in [-0.2, -0.15) is 0 Å². The Hall–Kier alpha value is -0.760. The second-order valence-electron chi connectivity index (χ2n) is 6.09. The molecule has 1 aromatic heterocycles. The third kappa shape index (κ3) is 2.57. The average Bonchev–Trinajstić information content (AvgIpc) is 2.86. The van der Waals surface area contributed by atoms with Gasteiger partial charge in [0.25, 0.3) is 0 Å². The van der Waals surface area contributed by atoms with E-state index in [1.807, 2.05) is 13.0 Å². The zero-order chi connectivity index (χ0) is 12.5. The fourth-order valence-corrected chi connectivity index (χ4v) is 3.46. The monoisotopic (exact) mass is 235 g/mol. The lowest BCUT2D eigenvalue weighted by atomic mass is 9.72. The van der Waals surface area contributed by atoms with Crippen LogP contribution in [0, 0.1) is 18.3 Å². The Balaban J connectivity index is 2.21. The van der Waals surface area contributed by atoms with Gasteiger partial charge in [0, 0.05) is 0 Å². The van der Waals surface area contributed by atoms with E-state index in [9.17, 15) is 0 Å². The minimum Gasteiger partial charge on any atom is -0.465 e. The lowest BCUT2D eigenvalue weighted by Gasteiger charge is -2.35. The van der Waals surface area contributed by atoms with Gasteiger partial charge >= 0.3 is 0 Å². The molecule has 2 N–H and O–H groups in total. The number of nitrogens with two attached hydrogens (primary N) is 1. The van der Waals surface area contributed by atoms with Crippen LogP contribution in [0.4, 0.5) is 0 Å².